The highest BCUT2D eigenvalue weighted by Crippen LogP contribution is 2.15. The summed E-state index contributed by atoms with van der Waals surface area (Å²) in [6.45, 7) is 1.72. The number of hydrogen-bond acceptors (Lipinski definition) is 4. The van der Waals surface area contributed by atoms with Crippen molar-refractivity contribution in [3.8, 4) is 0 Å². The van der Waals surface area contributed by atoms with Crippen LogP contribution in [-0.2, 0) is 13.0 Å². The summed E-state index contributed by atoms with van der Waals surface area (Å²) in [5.74, 6) is 1.83. The van der Waals surface area contributed by atoms with Crippen molar-refractivity contribution in [2.24, 2.45) is 0 Å². The van der Waals surface area contributed by atoms with E-state index in [-0.39, 0.29) is 0 Å². The number of benzene rings is 1. The summed E-state index contributed by atoms with van der Waals surface area (Å²) in [5.41, 5.74) is 1.26. The summed E-state index contributed by atoms with van der Waals surface area (Å²) in [6, 6.07) is 10.3. The smallest absolute Gasteiger partial charge is 0.132 e. The zero-order valence-electron chi connectivity index (χ0n) is 11.8. The largest absolute Gasteiger partial charge is 0.355 e. The number of hydrogen-bond donors (Lipinski definition) is 1. The number of rotatable bonds is 6. The fourth-order valence-electron chi connectivity index (χ4n) is 1.90. The lowest BCUT2D eigenvalue weighted by Gasteiger charge is -2.18. The molecule has 0 bridgehead atoms. The van der Waals surface area contributed by atoms with E-state index in [1.54, 1.807) is 0 Å². The van der Waals surface area contributed by atoms with Crippen molar-refractivity contribution < 1.29 is 0 Å². The second-order valence-electron chi connectivity index (χ2n) is 4.67. The molecule has 2 rings (SSSR count). The lowest BCUT2D eigenvalue weighted by Crippen LogP contribution is -2.19. The second kappa shape index (κ2) is 7.36. The molecule has 2 aromatic rings. The standard InChI is InChI=1S/C15H19BrN4/c1-17-9-7-14-18-10-8-15(19-14)20(2)11-12-3-5-13(16)6-4-12/h3-6,8,10,17H,7,9,11H2,1-2H3. The average Bonchev–Trinajstić information content (AvgIpc) is 2.48. The van der Waals surface area contributed by atoms with Gasteiger partial charge in [0.2, 0.25) is 0 Å². The third kappa shape index (κ3) is 4.28. The van der Waals surface area contributed by atoms with Crippen molar-refractivity contribution >= 4 is 21.7 Å². The number of halogens is 1. The molecule has 0 amide bonds. The van der Waals surface area contributed by atoms with Crippen LogP contribution in [0.2, 0.25) is 0 Å². The van der Waals surface area contributed by atoms with E-state index in [4.69, 9.17) is 0 Å². The van der Waals surface area contributed by atoms with Gasteiger partial charge in [-0.15, -0.1) is 0 Å². The first kappa shape index (κ1) is 14.9. The van der Waals surface area contributed by atoms with Gasteiger partial charge in [-0.2, -0.15) is 0 Å². The number of anilines is 1. The molecule has 4 nitrogen and oxygen atoms in total. The Morgan fingerprint density at radius 2 is 1.95 bits per heavy atom. The predicted molar refractivity (Wildman–Crippen MR) is 85.9 cm³/mol. The van der Waals surface area contributed by atoms with Crippen LogP contribution in [0.25, 0.3) is 0 Å². The van der Waals surface area contributed by atoms with Gasteiger partial charge in [0.05, 0.1) is 0 Å². The second-order valence-corrected chi connectivity index (χ2v) is 5.58. The molecule has 1 aromatic heterocycles. The topological polar surface area (TPSA) is 41.1 Å². The van der Waals surface area contributed by atoms with E-state index in [1.165, 1.54) is 5.56 Å². The Bertz CT molecular complexity index is 542. The molecule has 0 spiro atoms. The maximum absolute atomic E-state index is 4.59. The molecule has 0 unspecified atom stereocenters. The van der Waals surface area contributed by atoms with Crippen molar-refractivity contribution in [3.05, 3.63) is 52.4 Å². The quantitative estimate of drug-likeness (QED) is 0.881. The van der Waals surface area contributed by atoms with Gasteiger partial charge in [-0.05, 0) is 30.8 Å². The number of aromatic nitrogens is 2. The van der Waals surface area contributed by atoms with Gasteiger partial charge >= 0.3 is 0 Å². The summed E-state index contributed by atoms with van der Waals surface area (Å²) in [4.78, 5) is 11.0. The SMILES string of the molecule is CNCCc1nccc(N(C)Cc2ccc(Br)cc2)n1. The highest BCUT2D eigenvalue weighted by molar-refractivity contribution is 9.10. The molecule has 1 N–H and O–H groups in total. The fourth-order valence-corrected chi connectivity index (χ4v) is 2.17. The third-order valence-corrected chi connectivity index (χ3v) is 3.54. The minimum absolute atomic E-state index is 0.829. The fraction of sp³-hybridized carbons (Fsp3) is 0.333. The van der Waals surface area contributed by atoms with Crippen LogP contribution in [0.1, 0.15) is 11.4 Å². The van der Waals surface area contributed by atoms with Crippen molar-refractivity contribution in [2.75, 3.05) is 25.5 Å². The van der Waals surface area contributed by atoms with Crippen LogP contribution in [0.15, 0.2) is 41.0 Å². The molecule has 0 aliphatic heterocycles. The number of nitrogens with one attached hydrogen (secondary N) is 1. The average molecular weight is 335 g/mol. The van der Waals surface area contributed by atoms with Gasteiger partial charge in [-0.3, -0.25) is 0 Å². The summed E-state index contributed by atoms with van der Waals surface area (Å²) in [6.07, 6.45) is 2.67. The van der Waals surface area contributed by atoms with Crippen molar-refractivity contribution in [1.29, 1.82) is 0 Å². The van der Waals surface area contributed by atoms with Gasteiger partial charge in [0.1, 0.15) is 11.6 Å². The first-order valence-corrected chi connectivity index (χ1v) is 7.40. The van der Waals surface area contributed by atoms with E-state index in [2.05, 4.69) is 60.4 Å². The van der Waals surface area contributed by atoms with Gasteiger partial charge in [0, 0.05) is 37.2 Å². The molecular formula is C15H19BrN4. The van der Waals surface area contributed by atoms with Crippen molar-refractivity contribution in [3.63, 3.8) is 0 Å². The van der Waals surface area contributed by atoms with Crippen LogP contribution in [0, 0.1) is 0 Å². The molecule has 1 heterocycles. The van der Waals surface area contributed by atoms with E-state index >= 15 is 0 Å². The molecule has 5 heteroatoms. The molecule has 106 valence electrons. The van der Waals surface area contributed by atoms with Crippen molar-refractivity contribution in [1.82, 2.24) is 15.3 Å². The van der Waals surface area contributed by atoms with E-state index < -0.39 is 0 Å². The third-order valence-electron chi connectivity index (χ3n) is 3.01. The Morgan fingerprint density at radius 3 is 2.65 bits per heavy atom. The molecule has 0 saturated carbocycles. The summed E-state index contributed by atoms with van der Waals surface area (Å²) < 4.78 is 1.10. The molecule has 1 aromatic carbocycles. The molecule has 0 saturated heterocycles. The Labute approximate surface area is 128 Å². The Hall–Kier alpha value is -1.46. The molecular weight excluding hydrogens is 316 g/mol. The predicted octanol–water partition coefficient (Wildman–Crippen LogP) is 2.64. The highest BCUT2D eigenvalue weighted by Gasteiger charge is 2.05. The Kier molecular flexibility index (Phi) is 5.49. The van der Waals surface area contributed by atoms with Gasteiger partial charge in [0.25, 0.3) is 0 Å². The Morgan fingerprint density at radius 1 is 1.20 bits per heavy atom. The Balaban J connectivity index is 2.04. The maximum atomic E-state index is 4.59. The molecule has 0 atom stereocenters. The summed E-state index contributed by atoms with van der Waals surface area (Å²) in [7, 11) is 3.98. The van der Waals surface area contributed by atoms with Crippen LogP contribution in [0.5, 0.6) is 0 Å². The monoisotopic (exact) mass is 334 g/mol. The zero-order valence-corrected chi connectivity index (χ0v) is 13.4. The molecule has 0 radical (unpaired) electrons. The highest BCUT2D eigenvalue weighted by atomic mass is 79.9. The first-order valence-electron chi connectivity index (χ1n) is 6.61. The van der Waals surface area contributed by atoms with Crippen LogP contribution < -0.4 is 10.2 Å². The number of nitrogens with zero attached hydrogens (tertiary/aromatic N) is 3. The molecule has 0 aliphatic rings. The first-order chi connectivity index (χ1) is 9.69. The van der Waals surface area contributed by atoms with Crippen molar-refractivity contribution in [2.45, 2.75) is 13.0 Å². The van der Waals surface area contributed by atoms with Gasteiger partial charge in [-0.25, -0.2) is 9.97 Å². The van der Waals surface area contributed by atoms with Crippen LogP contribution >= 0.6 is 15.9 Å². The minimum atomic E-state index is 0.829. The van der Waals surface area contributed by atoms with Crippen LogP contribution in [0.4, 0.5) is 5.82 Å². The van der Waals surface area contributed by atoms with E-state index in [1.807, 2.05) is 26.4 Å². The zero-order chi connectivity index (χ0) is 14.4. The minimum Gasteiger partial charge on any atom is -0.355 e. The molecule has 0 fully saturated rings. The molecule has 20 heavy (non-hydrogen) atoms. The van der Waals surface area contributed by atoms with E-state index in [0.29, 0.717) is 0 Å². The summed E-state index contributed by atoms with van der Waals surface area (Å²) in [5, 5.41) is 3.11. The van der Waals surface area contributed by atoms with E-state index in [0.717, 1.165) is 35.6 Å². The normalized spacial score (nSPS) is 10.6. The molecule has 0 aliphatic carbocycles. The van der Waals surface area contributed by atoms with E-state index in [9.17, 15) is 0 Å². The lowest BCUT2D eigenvalue weighted by atomic mass is 10.2. The van der Waals surface area contributed by atoms with Gasteiger partial charge < -0.3 is 10.2 Å². The maximum Gasteiger partial charge on any atom is 0.132 e. The van der Waals surface area contributed by atoms with Gasteiger partial charge in [-0.1, -0.05) is 28.1 Å². The van der Waals surface area contributed by atoms with Crippen LogP contribution in [-0.4, -0.2) is 30.6 Å². The van der Waals surface area contributed by atoms with Gasteiger partial charge in [0.15, 0.2) is 0 Å². The number of likely N-dealkylation sites (N-methyl/N-ethyl adjacent to an activating group) is 1. The summed E-state index contributed by atoms with van der Waals surface area (Å²) >= 11 is 3.45. The lowest BCUT2D eigenvalue weighted by molar-refractivity contribution is 0.750. The van der Waals surface area contributed by atoms with Crippen LogP contribution in [0.3, 0.4) is 0 Å².